The number of hydrogen-bond donors (Lipinski definition) is 2. The van der Waals surface area contributed by atoms with Gasteiger partial charge >= 0.3 is 0 Å². The lowest BCUT2D eigenvalue weighted by atomic mass is 10.0. The smallest absolute Gasteiger partial charge is 0.255 e. The second kappa shape index (κ2) is 10.8. The van der Waals surface area contributed by atoms with Gasteiger partial charge in [0, 0.05) is 11.8 Å². The lowest BCUT2D eigenvalue weighted by Gasteiger charge is -2.22. The maximum atomic E-state index is 13.2. The van der Waals surface area contributed by atoms with Crippen LogP contribution in [0.4, 0.5) is 5.82 Å². The molecule has 1 fully saturated rings. The van der Waals surface area contributed by atoms with Crippen molar-refractivity contribution in [3.63, 3.8) is 0 Å². The average molecular weight is 476 g/mol. The number of amides is 1. The van der Waals surface area contributed by atoms with E-state index in [1.807, 2.05) is 18.2 Å². The van der Waals surface area contributed by atoms with Gasteiger partial charge in [-0.3, -0.25) is 4.79 Å². The van der Waals surface area contributed by atoms with E-state index in [0.717, 1.165) is 36.0 Å². The van der Waals surface area contributed by atoms with Gasteiger partial charge in [0.2, 0.25) is 0 Å². The summed E-state index contributed by atoms with van der Waals surface area (Å²) in [5.41, 5.74) is 11.7. The summed E-state index contributed by atoms with van der Waals surface area (Å²) in [6.45, 7) is 4.73. The standard InChI is InChI=1S/C28H33N3O4/c1-17-8-9-19(12-18(17)2)16-35-24-7-5-6-23(24)31-28(32)22-13-21(15-30-27(22)29)20-10-11-25(33-3)26(14-20)34-4/h8-15,23-24H,5-7,16H2,1-4H3,(H2,29,30)(H,31,32)/t23-,24-/m0/s1. The molecule has 0 spiro atoms. The van der Waals surface area contributed by atoms with Crippen molar-refractivity contribution in [2.45, 2.75) is 51.9 Å². The monoisotopic (exact) mass is 475 g/mol. The molecule has 1 aliphatic rings. The molecular formula is C28H33N3O4. The first kappa shape index (κ1) is 24.5. The number of nitrogens with zero attached hydrogens (tertiary/aromatic N) is 1. The van der Waals surface area contributed by atoms with Gasteiger partial charge in [0.05, 0.1) is 38.5 Å². The van der Waals surface area contributed by atoms with Gasteiger partial charge in [0.25, 0.3) is 5.91 Å². The molecule has 7 heteroatoms. The van der Waals surface area contributed by atoms with Crippen molar-refractivity contribution in [2.24, 2.45) is 0 Å². The van der Waals surface area contributed by atoms with Crippen molar-refractivity contribution in [1.29, 1.82) is 0 Å². The number of nitrogens with two attached hydrogens (primary N) is 1. The van der Waals surface area contributed by atoms with Crippen molar-refractivity contribution >= 4 is 11.7 Å². The molecule has 2 atom stereocenters. The Morgan fingerprint density at radius 2 is 1.80 bits per heavy atom. The van der Waals surface area contributed by atoms with Crippen molar-refractivity contribution in [3.05, 3.63) is 70.9 Å². The normalized spacial score (nSPS) is 17.3. The first-order valence-corrected chi connectivity index (χ1v) is 11.9. The zero-order valence-corrected chi connectivity index (χ0v) is 20.8. The highest BCUT2D eigenvalue weighted by molar-refractivity contribution is 5.99. The first-order chi connectivity index (χ1) is 16.9. The molecule has 3 N–H and O–H groups in total. The van der Waals surface area contributed by atoms with Crippen LogP contribution in [0.5, 0.6) is 11.5 Å². The molecule has 2 aromatic carbocycles. The van der Waals surface area contributed by atoms with Crippen LogP contribution >= 0.6 is 0 Å². The molecule has 0 bridgehead atoms. The largest absolute Gasteiger partial charge is 0.493 e. The van der Waals surface area contributed by atoms with E-state index in [1.165, 1.54) is 11.1 Å². The SMILES string of the molecule is COc1ccc(-c2cnc(N)c(C(=O)N[C@H]3CCC[C@@H]3OCc3ccc(C)c(C)c3)c2)cc1OC. The molecule has 3 aromatic rings. The topological polar surface area (TPSA) is 95.7 Å². The number of ether oxygens (including phenoxy) is 3. The molecule has 4 rings (SSSR count). The van der Waals surface area contributed by atoms with Gasteiger partial charge in [-0.15, -0.1) is 0 Å². The number of carbonyl (C=O) groups excluding carboxylic acids is 1. The molecule has 0 radical (unpaired) electrons. The summed E-state index contributed by atoms with van der Waals surface area (Å²) in [6, 6.07) is 13.6. The van der Waals surface area contributed by atoms with Crippen molar-refractivity contribution < 1.29 is 19.0 Å². The number of aryl methyl sites for hydroxylation is 2. The predicted molar refractivity (Wildman–Crippen MR) is 137 cm³/mol. The minimum atomic E-state index is -0.246. The summed E-state index contributed by atoms with van der Waals surface area (Å²) in [5.74, 6) is 1.18. The molecule has 1 amide bonds. The van der Waals surface area contributed by atoms with Crippen LogP contribution in [0.15, 0.2) is 48.7 Å². The fourth-order valence-corrected chi connectivity index (χ4v) is 4.46. The number of anilines is 1. The van der Waals surface area contributed by atoms with Crippen molar-refractivity contribution in [2.75, 3.05) is 20.0 Å². The van der Waals surface area contributed by atoms with Gasteiger partial charge in [-0.05, 0) is 73.6 Å². The van der Waals surface area contributed by atoms with Gasteiger partial charge < -0.3 is 25.3 Å². The van der Waals surface area contributed by atoms with Crippen LogP contribution in [0.3, 0.4) is 0 Å². The van der Waals surface area contributed by atoms with E-state index in [9.17, 15) is 4.79 Å². The van der Waals surface area contributed by atoms with Crippen LogP contribution in [0.25, 0.3) is 11.1 Å². The number of methoxy groups -OCH3 is 2. The molecule has 1 aromatic heterocycles. The second-order valence-electron chi connectivity index (χ2n) is 9.01. The zero-order chi connectivity index (χ0) is 24.9. The average Bonchev–Trinajstić information content (AvgIpc) is 3.31. The first-order valence-electron chi connectivity index (χ1n) is 11.9. The fraction of sp³-hybridized carbons (Fsp3) is 0.357. The Balaban J connectivity index is 1.46. The molecule has 0 unspecified atom stereocenters. The number of pyridine rings is 1. The molecule has 1 saturated carbocycles. The summed E-state index contributed by atoms with van der Waals surface area (Å²) in [6.07, 6.45) is 4.39. The van der Waals surface area contributed by atoms with Gasteiger partial charge in [0.15, 0.2) is 11.5 Å². The van der Waals surface area contributed by atoms with Crippen LogP contribution in [0.2, 0.25) is 0 Å². The molecule has 0 saturated heterocycles. The summed E-state index contributed by atoms with van der Waals surface area (Å²) >= 11 is 0. The number of carbonyl (C=O) groups is 1. The molecular weight excluding hydrogens is 442 g/mol. The molecule has 0 aliphatic heterocycles. The second-order valence-corrected chi connectivity index (χ2v) is 9.01. The maximum Gasteiger partial charge on any atom is 0.255 e. The van der Waals surface area contributed by atoms with Gasteiger partial charge in [-0.25, -0.2) is 4.98 Å². The van der Waals surface area contributed by atoms with E-state index in [0.29, 0.717) is 23.7 Å². The number of rotatable bonds is 8. The highest BCUT2D eigenvalue weighted by atomic mass is 16.5. The zero-order valence-electron chi connectivity index (χ0n) is 20.8. The third-order valence-corrected chi connectivity index (χ3v) is 6.68. The number of benzene rings is 2. The van der Waals surface area contributed by atoms with E-state index >= 15 is 0 Å². The van der Waals surface area contributed by atoms with Gasteiger partial charge in [0.1, 0.15) is 5.82 Å². The fourth-order valence-electron chi connectivity index (χ4n) is 4.46. The third kappa shape index (κ3) is 5.57. The van der Waals surface area contributed by atoms with E-state index in [-0.39, 0.29) is 23.9 Å². The highest BCUT2D eigenvalue weighted by Gasteiger charge is 2.30. The molecule has 7 nitrogen and oxygen atoms in total. The summed E-state index contributed by atoms with van der Waals surface area (Å²) in [4.78, 5) is 17.5. The number of nitrogens with one attached hydrogen (secondary N) is 1. The highest BCUT2D eigenvalue weighted by Crippen LogP contribution is 2.33. The third-order valence-electron chi connectivity index (χ3n) is 6.68. The Hall–Kier alpha value is -3.58. The van der Waals surface area contributed by atoms with Crippen LogP contribution in [-0.2, 0) is 11.3 Å². The molecule has 1 heterocycles. The van der Waals surface area contributed by atoms with Gasteiger partial charge in [-0.2, -0.15) is 0 Å². The molecule has 184 valence electrons. The summed E-state index contributed by atoms with van der Waals surface area (Å²) < 4.78 is 16.9. The maximum absolute atomic E-state index is 13.2. The Labute approximate surface area is 206 Å². The minimum absolute atomic E-state index is 0.0382. The van der Waals surface area contributed by atoms with E-state index in [4.69, 9.17) is 19.9 Å². The Bertz CT molecular complexity index is 1210. The predicted octanol–water partition coefficient (Wildman–Crippen LogP) is 4.83. The number of aromatic nitrogens is 1. The lowest BCUT2D eigenvalue weighted by Crippen LogP contribution is -2.41. The molecule has 1 aliphatic carbocycles. The van der Waals surface area contributed by atoms with Crippen LogP contribution in [0, 0.1) is 13.8 Å². The minimum Gasteiger partial charge on any atom is -0.493 e. The summed E-state index contributed by atoms with van der Waals surface area (Å²) in [7, 11) is 3.17. The van der Waals surface area contributed by atoms with Crippen LogP contribution in [0.1, 0.15) is 46.3 Å². The van der Waals surface area contributed by atoms with Crippen LogP contribution < -0.4 is 20.5 Å². The molecule has 35 heavy (non-hydrogen) atoms. The number of nitrogen functional groups attached to an aromatic ring is 1. The summed E-state index contributed by atoms with van der Waals surface area (Å²) in [5, 5.41) is 3.13. The van der Waals surface area contributed by atoms with E-state index in [2.05, 4.69) is 42.3 Å². The Kier molecular flexibility index (Phi) is 7.56. The van der Waals surface area contributed by atoms with Gasteiger partial charge in [-0.1, -0.05) is 24.3 Å². The van der Waals surface area contributed by atoms with Crippen molar-refractivity contribution in [3.8, 4) is 22.6 Å². The van der Waals surface area contributed by atoms with E-state index in [1.54, 1.807) is 26.5 Å². The number of hydrogen-bond acceptors (Lipinski definition) is 6. The Morgan fingerprint density at radius 3 is 2.54 bits per heavy atom. The Morgan fingerprint density at radius 1 is 1.00 bits per heavy atom. The van der Waals surface area contributed by atoms with E-state index < -0.39 is 0 Å². The lowest BCUT2D eigenvalue weighted by molar-refractivity contribution is 0.0272. The van der Waals surface area contributed by atoms with Crippen molar-refractivity contribution in [1.82, 2.24) is 10.3 Å². The van der Waals surface area contributed by atoms with Crippen LogP contribution in [-0.4, -0.2) is 37.3 Å². The quantitative estimate of drug-likeness (QED) is 0.484.